The zero-order valence-corrected chi connectivity index (χ0v) is 11.6. The molecule has 0 saturated heterocycles. The van der Waals surface area contributed by atoms with E-state index >= 15 is 0 Å². The predicted molar refractivity (Wildman–Crippen MR) is 72.4 cm³/mol. The molecular weight excluding hydrogens is 228 g/mol. The topological polar surface area (TPSA) is 67.3 Å². The number of hydrogen-bond donors (Lipinski definition) is 2. The van der Waals surface area contributed by atoms with Gasteiger partial charge in [-0.3, -0.25) is 9.58 Å². The highest BCUT2D eigenvalue weighted by Crippen LogP contribution is 2.26. The Morgan fingerprint density at radius 3 is 2.61 bits per heavy atom. The lowest BCUT2D eigenvalue weighted by molar-refractivity contribution is 0.0931. The van der Waals surface area contributed by atoms with Crippen molar-refractivity contribution in [2.75, 3.05) is 18.8 Å². The zero-order valence-electron chi connectivity index (χ0n) is 11.6. The van der Waals surface area contributed by atoms with E-state index in [1.54, 1.807) is 0 Å². The number of aliphatic hydroxyl groups excluding tert-OH is 1. The average Bonchev–Trinajstić information content (AvgIpc) is 3.13. The van der Waals surface area contributed by atoms with Gasteiger partial charge in [0.1, 0.15) is 0 Å². The highest BCUT2D eigenvalue weighted by Gasteiger charge is 2.29. The van der Waals surface area contributed by atoms with Gasteiger partial charge in [-0.2, -0.15) is 5.10 Å². The van der Waals surface area contributed by atoms with Crippen LogP contribution in [0.1, 0.15) is 31.2 Å². The number of nitrogens with zero attached hydrogens (tertiary/aromatic N) is 3. The van der Waals surface area contributed by atoms with Gasteiger partial charge in [0.05, 0.1) is 29.7 Å². The van der Waals surface area contributed by atoms with Gasteiger partial charge in [0.15, 0.2) is 0 Å². The molecule has 0 spiro atoms. The van der Waals surface area contributed by atoms with Crippen molar-refractivity contribution < 1.29 is 5.11 Å². The first kappa shape index (κ1) is 13.4. The van der Waals surface area contributed by atoms with Crippen molar-refractivity contribution in [1.82, 2.24) is 14.7 Å². The number of likely N-dealkylation sites (N-methyl/N-ethyl adjacent to an activating group) is 1. The third kappa shape index (κ3) is 2.84. The Bertz CT molecular complexity index is 411. The van der Waals surface area contributed by atoms with Crippen LogP contribution >= 0.6 is 0 Å². The van der Waals surface area contributed by atoms with Gasteiger partial charge in [-0.15, -0.1) is 0 Å². The molecule has 1 aliphatic rings. The van der Waals surface area contributed by atoms with Crippen molar-refractivity contribution >= 4 is 5.69 Å². The first-order valence-electron chi connectivity index (χ1n) is 6.74. The minimum absolute atomic E-state index is 0.386. The van der Waals surface area contributed by atoms with Crippen LogP contribution in [-0.4, -0.2) is 45.0 Å². The number of aromatic nitrogens is 2. The Morgan fingerprint density at radius 2 is 2.17 bits per heavy atom. The monoisotopic (exact) mass is 252 g/mol. The minimum atomic E-state index is -0.386. The molecule has 5 heteroatoms. The molecule has 1 aromatic rings. The highest BCUT2D eigenvalue weighted by atomic mass is 16.3. The molecule has 0 bridgehead atoms. The summed E-state index contributed by atoms with van der Waals surface area (Å²) in [6, 6.07) is 0.690. The molecule has 0 aliphatic heterocycles. The third-order valence-electron chi connectivity index (χ3n) is 3.74. The lowest BCUT2D eigenvalue weighted by atomic mass is 10.3. The summed E-state index contributed by atoms with van der Waals surface area (Å²) in [5.41, 5.74) is 8.41. The first-order chi connectivity index (χ1) is 8.52. The van der Waals surface area contributed by atoms with Crippen LogP contribution in [-0.2, 0) is 6.54 Å². The summed E-state index contributed by atoms with van der Waals surface area (Å²) in [5, 5.41) is 14.5. The minimum Gasteiger partial charge on any atom is -0.396 e. The van der Waals surface area contributed by atoms with Crippen molar-refractivity contribution in [1.29, 1.82) is 0 Å². The van der Waals surface area contributed by atoms with Gasteiger partial charge in [0.25, 0.3) is 0 Å². The molecule has 0 amide bonds. The lowest BCUT2D eigenvalue weighted by Gasteiger charge is -2.23. The molecule has 102 valence electrons. The van der Waals surface area contributed by atoms with E-state index in [9.17, 15) is 5.11 Å². The second kappa shape index (κ2) is 5.28. The fourth-order valence-corrected chi connectivity index (χ4v) is 2.39. The van der Waals surface area contributed by atoms with E-state index in [4.69, 9.17) is 5.73 Å². The van der Waals surface area contributed by atoms with Gasteiger partial charge < -0.3 is 10.8 Å². The van der Waals surface area contributed by atoms with Crippen LogP contribution < -0.4 is 5.73 Å². The second-order valence-corrected chi connectivity index (χ2v) is 5.24. The molecule has 18 heavy (non-hydrogen) atoms. The molecule has 1 unspecified atom stereocenters. The summed E-state index contributed by atoms with van der Waals surface area (Å²) < 4.78 is 1.82. The number of aryl methyl sites for hydroxylation is 1. The maximum atomic E-state index is 10.2. The highest BCUT2D eigenvalue weighted by molar-refractivity contribution is 5.46. The fourth-order valence-electron chi connectivity index (χ4n) is 2.39. The van der Waals surface area contributed by atoms with E-state index in [-0.39, 0.29) is 6.10 Å². The molecule has 5 nitrogen and oxygen atoms in total. The number of rotatable bonds is 6. The van der Waals surface area contributed by atoms with Gasteiger partial charge in [0.2, 0.25) is 0 Å². The predicted octanol–water partition coefficient (Wildman–Crippen LogP) is 0.927. The largest absolute Gasteiger partial charge is 0.396 e. The third-order valence-corrected chi connectivity index (χ3v) is 3.74. The second-order valence-electron chi connectivity index (χ2n) is 5.24. The van der Waals surface area contributed by atoms with Crippen molar-refractivity contribution in [2.24, 2.45) is 0 Å². The molecular formula is C13H24N4O. The van der Waals surface area contributed by atoms with Crippen molar-refractivity contribution in [3.8, 4) is 0 Å². The molecule has 1 heterocycles. The van der Waals surface area contributed by atoms with Crippen LogP contribution in [0.25, 0.3) is 0 Å². The SMILES string of the molecule is CCN(CC(O)Cn1nc(C)c(N)c1C)C1CC1. The smallest absolute Gasteiger partial charge is 0.0862 e. The van der Waals surface area contributed by atoms with E-state index in [2.05, 4.69) is 16.9 Å². The molecule has 1 atom stereocenters. The molecule has 2 rings (SSSR count). The van der Waals surface area contributed by atoms with Crippen LogP contribution in [0.15, 0.2) is 0 Å². The standard InChI is InChI=1S/C13H24N4O/c1-4-16(11-5-6-11)7-12(18)8-17-10(3)13(14)9(2)15-17/h11-12,18H,4-8,14H2,1-3H3. The number of anilines is 1. The zero-order chi connectivity index (χ0) is 13.3. The molecule has 1 aromatic heterocycles. The van der Waals surface area contributed by atoms with Gasteiger partial charge in [0, 0.05) is 12.6 Å². The van der Waals surface area contributed by atoms with Gasteiger partial charge >= 0.3 is 0 Å². The van der Waals surface area contributed by atoms with E-state index < -0.39 is 0 Å². The quantitative estimate of drug-likeness (QED) is 0.790. The van der Waals surface area contributed by atoms with Crippen molar-refractivity contribution in [3.05, 3.63) is 11.4 Å². The molecule has 1 aliphatic carbocycles. The number of aliphatic hydroxyl groups is 1. The summed E-state index contributed by atoms with van der Waals surface area (Å²) >= 11 is 0. The van der Waals surface area contributed by atoms with E-state index in [0.717, 1.165) is 30.2 Å². The summed E-state index contributed by atoms with van der Waals surface area (Å²) in [6.07, 6.45) is 2.16. The number of hydrogen-bond acceptors (Lipinski definition) is 4. The van der Waals surface area contributed by atoms with Gasteiger partial charge in [-0.1, -0.05) is 6.92 Å². The van der Waals surface area contributed by atoms with E-state index in [0.29, 0.717) is 12.6 Å². The normalized spacial score (nSPS) is 17.4. The number of nitrogen functional groups attached to an aromatic ring is 1. The molecule has 1 saturated carbocycles. The Morgan fingerprint density at radius 1 is 1.50 bits per heavy atom. The Kier molecular flexibility index (Phi) is 3.92. The van der Waals surface area contributed by atoms with Crippen LogP contribution in [0.3, 0.4) is 0 Å². The van der Waals surface area contributed by atoms with E-state index in [1.165, 1.54) is 12.8 Å². The first-order valence-corrected chi connectivity index (χ1v) is 6.74. The fraction of sp³-hybridized carbons (Fsp3) is 0.769. The van der Waals surface area contributed by atoms with Crippen LogP contribution in [0.5, 0.6) is 0 Å². The molecule has 0 radical (unpaired) electrons. The maximum absolute atomic E-state index is 10.2. The van der Waals surface area contributed by atoms with Crippen LogP contribution in [0.2, 0.25) is 0 Å². The Hall–Kier alpha value is -1.07. The van der Waals surface area contributed by atoms with Crippen LogP contribution in [0.4, 0.5) is 5.69 Å². The molecule has 3 N–H and O–H groups in total. The Balaban J connectivity index is 1.93. The van der Waals surface area contributed by atoms with E-state index in [1.807, 2.05) is 18.5 Å². The Labute approximate surface area is 109 Å². The maximum Gasteiger partial charge on any atom is 0.0862 e. The number of nitrogens with two attached hydrogens (primary N) is 1. The van der Waals surface area contributed by atoms with Crippen LogP contribution in [0, 0.1) is 13.8 Å². The molecule has 1 fully saturated rings. The summed E-state index contributed by atoms with van der Waals surface area (Å²) in [6.45, 7) is 8.23. The van der Waals surface area contributed by atoms with Gasteiger partial charge in [-0.05, 0) is 33.2 Å². The summed E-state index contributed by atoms with van der Waals surface area (Å²) in [7, 11) is 0. The lowest BCUT2D eigenvalue weighted by Crippen LogP contribution is -2.36. The van der Waals surface area contributed by atoms with Crippen molar-refractivity contribution in [2.45, 2.75) is 52.3 Å². The summed E-state index contributed by atoms with van der Waals surface area (Å²) in [4.78, 5) is 2.35. The average molecular weight is 252 g/mol. The molecule has 0 aromatic carbocycles. The van der Waals surface area contributed by atoms with Gasteiger partial charge in [-0.25, -0.2) is 0 Å². The van der Waals surface area contributed by atoms with Crippen molar-refractivity contribution in [3.63, 3.8) is 0 Å². The summed E-state index contributed by atoms with van der Waals surface area (Å²) in [5.74, 6) is 0.